The van der Waals surface area contributed by atoms with Crippen LogP contribution in [0.1, 0.15) is 25.8 Å². The topological polar surface area (TPSA) is 46.1 Å². The van der Waals surface area contributed by atoms with Crippen LogP contribution in [0.3, 0.4) is 0 Å². The van der Waals surface area contributed by atoms with Crippen LogP contribution in [0, 0.1) is 5.41 Å². The minimum atomic E-state index is 0. The Kier molecular flexibility index (Phi) is 8.83. The summed E-state index contributed by atoms with van der Waals surface area (Å²) in [7, 11) is 3.52. The zero-order valence-electron chi connectivity index (χ0n) is 15.2. The summed E-state index contributed by atoms with van der Waals surface area (Å²) in [5.74, 6) is 1.84. The number of nitrogens with zero attached hydrogens (tertiary/aromatic N) is 2. The first-order chi connectivity index (χ1) is 11.1. The van der Waals surface area contributed by atoms with E-state index in [0.717, 1.165) is 36.9 Å². The number of aliphatic imine (C=N–C) groups is 1. The lowest BCUT2D eigenvalue weighted by atomic mass is 9.93. The predicted octanol–water partition coefficient (Wildman–Crippen LogP) is 3.14. The molecule has 1 aromatic carbocycles. The lowest BCUT2D eigenvalue weighted by Gasteiger charge is -2.23. The van der Waals surface area contributed by atoms with Crippen molar-refractivity contribution < 1.29 is 9.47 Å². The van der Waals surface area contributed by atoms with Gasteiger partial charge in [-0.3, -0.25) is 4.99 Å². The SMILES string of the molecule is CN=C(NCCOCc1ccccc1OC)N1CCC(C)(C)C1.I. The van der Waals surface area contributed by atoms with Crippen LogP contribution >= 0.6 is 24.0 Å². The van der Waals surface area contributed by atoms with Gasteiger partial charge >= 0.3 is 0 Å². The minimum Gasteiger partial charge on any atom is -0.496 e. The van der Waals surface area contributed by atoms with Gasteiger partial charge in [-0.05, 0) is 17.9 Å². The average molecular weight is 447 g/mol. The van der Waals surface area contributed by atoms with Gasteiger partial charge in [-0.2, -0.15) is 0 Å². The van der Waals surface area contributed by atoms with Gasteiger partial charge in [0, 0.05) is 32.2 Å². The predicted molar refractivity (Wildman–Crippen MR) is 109 cm³/mol. The van der Waals surface area contributed by atoms with Gasteiger partial charge < -0.3 is 19.7 Å². The van der Waals surface area contributed by atoms with Crippen LogP contribution < -0.4 is 10.1 Å². The van der Waals surface area contributed by atoms with E-state index < -0.39 is 0 Å². The summed E-state index contributed by atoms with van der Waals surface area (Å²) in [6.07, 6.45) is 1.21. The highest BCUT2D eigenvalue weighted by atomic mass is 127. The molecule has 1 aliphatic heterocycles. The summed E-state index contributed by atoms with van der Waals surface area (Å²) in [4.78, 5) is 6.69. The minimum absolute atomic E-state index is 0. The summed E-state index contributed by atoms with van der Waals surface area (Å²) in [5, 5.41) is 3.38. The second kappa shape index (κ2) is 10.1. The molecule has 0 aromatic heterocycles. The number of rotatable bonds is 6. The van der Waals surface area contributed by atoms with Crippen molar-refractivity contribution in [3.63, 3.8) is 0 Å². The quantitative estimate of drug-likeness (QED) is 0.315. The maximum atomic E-state index is 5.74. The maximum Gasteiger partial charge on any atom is 0.193 e. The first-order valence-electron chi connectivity index (χ1n) is 8.21. The summed E-state index contributed by atoms with van der Waals surface area (Å²) >= 11 is 0. The summed E-state index contributed by atoms with van der Waals surface area (Å²) in [5.41, 5.74) is 1.44. The molecule has 136 valence electrons. The maximum absolute atomic E-state index is 5.74. The van der Waals surface area contributed by atoms with Crippen LogP contribution in [-0.2, 0) is 11.3 Å². The van der Waals surface area contributed by atoms with E-state index in [1.165, 1.54) is 6.42 Å². The number of nitrogens with one attached hydrogen (secondary N) is 1. The van der Waals surface area contributed by atoms with Crippen LogP contribution in [0.25, 0.3) is 0 Å². The number of halogens is 1. The lowest BCUT2D eigenvalue weighted by Crippen LogP contribution is -2.41. The van der Waals surface area contributed by atoms with E-state index in [1.807, 2.05) is 31.3 Å². The molecular formula is C18H30IN3O2. The fourth-order valence-corrected chi connectivity index (χ4v) is 2.86. The van der Waals surface area contributed by atoms with E-state index in [0.29, 0.717) is 18.6 Å². The van der Waals surface area contributed by atoms with Gasteiger partial charge in [-0.1, -0.05) is 32.0 Å². The Morgan fingerprint density at radius 3 is 2.71 bits per heavy atom. The third kappa shape index (κ3) is 6.12. The summed E-state index contributed by atoms with van der Waals surface area (Å²) < 4.78 is 11.1. The second-order valence-corrected chi connectivity index (χ2v) is 6.67. The molecule has 0 bridgehead atoms. The van der Waals surface area contributed by atoms with Crippen molar-refractivity contribution in [3.05, 3.63) is 29.8 Å². The van der Waals surface area contributed by atoms with Crippen molar-refractivity contribution in [2.75, 3.05) is 40.4 Å². The van der Waals surface area contributed by atoms with Crippen LogP contribution in [0.5, 0.6) is 5.75 Å². The zero-order valence-corrected chi connectivity index (χ0v) is 17.5. The first-order valence-corrected chi connectivity index (χ1v) is 8.21. The van der Waals surface area contributed by atoms with Crippen molar-refractivity contribution in [1.29, 1.82) is 0 Å². The largest absolute Gasteiger partial charge is 0.496 e. The Morgan fingerprint density at radius 1 is 1.33 bits per heavy atom. The number of ether oxygens (including phenoxy) is 2. The number of para-hydroxylation sites is 1. The molecule has 0 spiro atoms. The van der Waals surface area contributed by atoms with Gasteiger partial charge in [0.15, 0.2) is 5.96 Å². The van der Waals surface area contributed by atoms with Crippen molar-refractivity contribution in [2.24, 2.45) is 10.4 Å². The normalized spacial score (nSPS) is 16.7. The Bertz CT molecular complexity index is 535. The summed E-state index contributed by atoms with van der Waals surface area (Å²) in [6, 6.07) is 7.94. The molecule has 6 heteroatoms. The van der Waals surface area contributed by atoms with E-state index in [-0.39, 0.29) is 24.0 Å². The van der Waals surface area contributed by atoms with E-state index in [9.17, 15) is 0 Å². The molecule has 1 fully saturated rings. The standard InChI is InChI=1S/C18H29N3O2.HI/c1-18(2)9-11-21(14-18)17(19-3)20-10-12-23-13-15-7-5-6-8-16(15)22-4;/h5-8H,9-14H2,1-4H3,(H,19,20);1H. The lowest BCUT2D eigenvalue weighted by molar-refractivity contribution is 0.123. The molecule has 2 rings (SSSR count). The smallest absolute Gasteiger partial charge is 0.193 e. The Hall–Kier alpha value is -1.02. The first kappa shape index (κ1) is 21.0. The van der Waals surface area contributed by atoms with Crippen LogP contribution in [0.2, 0.25) is 0 Å². The molecule has 0 saturated carbocycles. The molecule has 0 radical (unpaired) electrons. The number of hydrogen-bond donors (Lipinski definition) is 1. The van der Waals surface area contributed by atoms with Crippen molar-refractivity contribution >= 4 is 29.9 Å². The van der Waals surface area contributed by atoms with Crippen LogP contribution in [0.15, 0.2) is 29.3 Å². The Balaban J connectivity index is 0.00000288. The average Bonchev–Trinajstić information content (AvgIpc) is 2.91. The molecule has 24 heavy (non-hydrogen) atoms. The molecule has 1 saturated heterocycles. The van der Waals surface area contributed by atoms with Crippen molar-refractivity contribution in [3.8, 4) is 5.75 Å². The molecule has 5 nitrogen and oxygen atoms in total. The van der Waals surface area contributed by atoms with E-state index in [2.05, 4.69) is 29.1 Å². The van der Waals surface area contributed by atoms with Crippen LogP contribution in [-0.4, -0.2) is 51.3 Å². The molecule has 0 atom stereocenters. The molecule has 1 heterocycles. The molecule has 0 amide bonds. The van der Waals surface area contributed by atoms with Gasteiger partial charge in [0.25, 0.3) is 0 Å². The van der Waals surface area contributed by atoms with E-state index in [1.54, 1.807) is 7.11 Å². The van der Waals surface area contributed by atoms with Gasteiger partial charge in [0.2, 0.25) is 0 Å². The molecule has 0 aliphatic carbocycles. The molecule has 1 N–H and O–H groups in total. The number of likely N-dealkylation sites (tertiary alicyclic amines) is 1. The van der Waals surface area contributed by atoms with E-state index >= 15 is 0 Å². The van der Waals surface area contributed by atoms with Gasteiger partial charge in [0.1, 0.15) is 5.75 Å². The number of methoxy groups -OCH3 is 1. The van der Waals surface area contributed by atoms with Gasteiger partial charge in [-0.25, -0.2) is 0 Å². The Labute approximate surface area is 162 Å². The molecular weight excluding hydrogens is 417 g/mol. The second-order valence-electron chi connectivity index (χ2n) is 6.67. The van der Waals surface area contributed by atoms with Crippen molar-refractivity contribution in [2.45, 2.75) is 26.9 Å². The number of benzene rings is 1. The number of guanidine groups is 1. The van der Waals surface area contributed by atoms with Gasteiger partial charge in [0.05, 0.1) is 20.3 Å². The van der Waals surface area contributed by atoms with Crippen molar-refractivity contribution in [1.82, 2.24) is 10.2 Å². The zero-order chi connectivity index (χ0) is 16.7. The fraction of sp³-hybridized carbons (Fsp3) is 0.611. The molecule has 1 aromatic rings. The van der Waals surface area contributed by atoms with Crippen LogP contribution in [0.4, 0.5) is 0 Å². The third-order valence-electron chi connectivity index (χ3n) is 4.17. The summed E-state index contributed by atoms with van der Waals surface area (Å²) in [6.45, 7) is 8.66. The Morgan fingerprint density at radius 2 is 2.08 bits per heavy atom. The molecule has 0 unspecified atom stereocenters. The van der Waals surface area contributed by atoms with Gasteiger partial charge in [-0.15, -0.1) is 24.0 Å². The fourth-order valence-electron chi connectivity index (χ4n) is 2.86. The third-order valence-corrected chi connectivity index (χ3v) is 4.17. The molecule has 1 aliphatic rings. The highest BCUT2D eigenvalue weighted by Crippen LogP contribution is 2.28. The number of hydrogen-bond acceptors (Lipinski definition) is 3. The highest BCUT2D eigenvalue weighted by Gasteiger charge is 2.30. The monoisotopic (exact) mass is 447 g/mol. The van der Waals surface area contributed by atoms with E-state index in [4.69, 9.17) is 9.47 Å². The highest BCUT2D eigenvalue weighted by molar-refractivity contribution is 14.0.